The van der Waals surface area contributed by atoms with Crippen LogP contribution in [-0.4, -0.2) is 26.6 Å². The van der Waals surface area contributed by atoms with Crippen molar-refractivity contribution in [2.75, 3.05) is 0 Å². The quantitative estimate of drug-likeness (QED) is 0.524. The number of carbonyl (C=O) groups excluding carboxylic acids is 2. The van der Waals surface area contributed by atoms with Gasteiger partial charge in [0.2, 0.25) is 5.82 Å². The van der Waals surface area contributed by atoms with Gasteiger partial charge in [-0.3, -0.25) is 20.4 Å². The average molecular weight is 387 g/mol. The standard InChI is InChI=1S/C21H17N5O3/c1-14-17(12-13-29-14)20(27)23-24-21(28)18-22-19(15-8-4-2-5-9-15)26(25-18)16-10-6-3-7-11-16/h2-13H,1H3,(H,23,27)(H,24,28). The van der Waals surface area contributed by atoms with Crippen LogP contribution in [0.5, 0.6) is 0 Å². The third-order valence-corrected chi connectivity index (χ3v) is 4.24. The van der Waals surface area contributed by atoms with Crippen LogP contribution in [0.15, 0.2) is 77.4 Å². The summed E-state index contributed by atoms with van der Waals surface area (Å²) in [6.45, 7) is 1.66. The summed E-state index contributed by atoms with van der Waals surface area (Å²) in [6.07, 6.45) is 1.40. The van der Waals surface area contributed by atoms with Crippen LogP contribution in [0.1, 0.15) is 26.7 Å². The molecule has 2 heterocycles. The van der Waals surface area contributed by atoms with Gasteiger partial charge in [0.1, 0.15) is 5.76 Å². The lowest BCUT2D eigenvalue weighted by Crippen LogP contribution is -2.42. The highest BCUT2D eigenvalue weighted by Gasteiger charge is 2.20. The molecule has 8 heteroatoms. The normalized spacial score (nSPS) is 10.5. The van der Waals surface area contributed by atoms with Gasteiger partial charge in [0.25, 0.3) is 5.91 Å². The Balaban J connectivity index is 1.61. The molecule has 0 aliphatic rings. The maximum absolute atomic E-state index is 12.5. The Bertz CT molecular complexity index is 1090. The summed E-state index contributed by atoms with van der Waals surface area (Å²) in [6, 6.07) is 20.3. The smallest absolute Gasteiger partial charge is 0.309 e. The van der Waals surface area contributed by atoms with Crippen molar-refractivity contribution in [1.82, 2.24) is 25.6 Å². The predicted molar refractivity (Wildman–Crippen MR) is 105 cm³/mol. The third-order valence-electron chi connectivity index (χ3n) is 4.24. The summed E-state index contributed by atoms with van der Waals surface area (Å²) in [4.78, 5) is 29.1. The largest absolute Gasteiger partial charge is 0.469 e. The van der Waals surface area contributed by atoms with Crippen LogP contribution in [0.2, 0.25) is 0 Å². The van der Waals surface area contributed by atoms with E-state index in [1.807, 2.05) is 60.7 Å². The van der Waals surface area contributed by atoms with Gasteiger partial charge in [-0.05, 0) is 25.1 Å². The third kappa shape index (κ3) is 3.77. The lowest BCUT2D eigenvalue weighted by molar-refractivity contribution is 0.0840. The van der Waals surface area contributed by atoms with E-state index in [1.165, 1.54) is 12.3 Å². The SMILES string of the molecule is Cc1occc1C(=O)NNC(=O)c1nc(-c2ccccc2)n(-c2ccccc2)n1. The molecule has 0 aliphatic heterocycles. The second-order valence-electron chi connectivity index (χ2n) is 6.17. The molecule has 29 heavy (non-hydrogen) atoms. The number of furan rings is 1. The molecule has 2 aromatic carbocycles. The van der Waals surface area contributed by atoms with Gasteiger partial charge in [-0.2, -0.15) is 0 Å². The number of nitrogens with zero attached hydrogens (tertiary/aromatic N) is 3. The van der Waals surface area contributed by atoms with Crippen molar-refractivity contribution in [3.8, 4) is 17.1 Å². The van der Waals surface area contributed by atoms with Gasteiger partial charge in [-0.15, -0.1) is 5.10 Å². The molecule has 0 saturated carbocycles. The Kier molecular flexibility index (Phi) is 4.90. The fourth-order valence-corrected chi connectivity index (χ4v) is 2.79. The fourth-order valence-electron chi connectivity index (χ4n) is 2.79. The number of aromatic nitrogens is 3. The van der Waals surface area contributed by atoms with Crippen LogP contribution < -0.4 is 10.9 Å². The van der Waals surface area contributed by atoms with Crippen LogP contribution in [0, 0.1) is 6.92 Å². The second kappa shape index (κ2) is 7.81. The molecule has 0 atom stereocenters. The monoisotopic (exact) mass is 387 g/mol. The number of rotatable bonds is 4. The number of aryl methyl sites for hydroxylation is 1. The first kappa shape index (κ1) is 18.2. The zero-order chi connectivity index (χ0) is 20.2. The van der Waals surface area contributed by atoms with E-state index in [-0.39, 0.29) is 5.82 Å². The van der Waals surface area contributed by atoms with E-state index in [0.29, 0.717) is 17.1 Å². The molecule has 0 saturated heterocycles. The van der Waals surface area contributed by atoms with Gasteiger partial charge in [0.15, 0.2) is 5.82 Å². The summed E-state index contributed by atoms with van der Waals surface area (Å²) in [5.41, 5.74) is 6.58. The summed E-state index contributed by atoms with van der Waals surface area (Å²) < 4.78 is 6.68. The highest BCUT2D eigenvalue weighted by atomic mass is 16.3. The molecule has 0 spiro atoms. The molecule has 0 radical (unpaired) electrons. The molecule has 2 aromatic heterocycles. The summed E-state index contributed by atoms with van der Waals surface area (Å²) in [5.74, 6) is -0.229. The van der Waals surface area contributed by atoms with E-state index in [0.717, 1.165) is 11.3 Å². The second-order valence-corrected chi connectivity index (χ2v) is 6.17. The molecule has 144 valence electrons. The number of benzene rings is 2. The number of hydrazine groups is 1. The van der Waals surface area contributed by atoms with Crippen molar-refractivity contribution in [3.05, 3.63) is 90.1 Å². The predicted octanol–water partition coefficient (Wildman–Crippen LogP) is 2.91. The van der Waals surface area contributed by atoms with Crippen molar-refractivity contribution in [2.45, 2.75) is 6.92 Å². The lowest BCUT2D eigenvalue weighted by Gasteiger charge is -2.05. The van der Waals surface area contributed by atoms with Crippen LogP contribution in [0.25, 0.3) is 17.1 Å². The van der Waals surface area contributed by atoms with Crippen molar-refractivity contribution in [1.29, 1.82) is 0 Å². The zero-order valence-electron chi connectivity index (χ0n) is 15.5. The van der Waals surface area contributed by atoms with E-state index >= 15 is 0 Å². The number of hydrogen-bond acceptors (Lipinski definition) is 5. The van der Waals surface area contributed by atoms with E-state index in [4.69, 9.17) is 4.42 Å². The number of amides is 2. The fraction of sp³-hybridized carbons (Fsp3) is 0.0476. The van der Waals surface area contributed by atoms with E-state index in [2.05, 4.69) is 20.9 Å². The minimum Gasteiger partial charge on any atom is -0.469 e. The minimum atomic E-state index is -0.633. The molecule has 4 rings (SSSR count). The Hall–Kier alpha value is -4.20. The van der Waals surface area contributed by atoms with Crippen LogP contribution in [0.4, 0.5) is 0 Å². The van der Waals surface area contributed by atoms with Crippen LogP contribution in [-0.2, 0) is 0 Å². The van der Waals surface area contributed by atoms with Crippen molar-refractivity contribution in [2.24, 2.45) is 0 Å². The molecule has 0 aliphatic carbocycles. The summed E-state index contributed by atoms with van der Waals surface area (Å²) in [5, 5.41) is 4.34. The molecule has 2 amide bonds. The Morgan fingerprint density at radius 2 is 1.55 bits per heavy atom. The number of carbonyl (C=O) groups is 2. The first-order valence-corrected chi connectivity index (χ1v) is 8.86. The first-order valence-electron chi connectivity index (χ1n) is 8.86. The summed E-state index contributed by atoms with van der Waals surface area (Å²) >= 11 is 0. The molecular formula is C21H17N5O3. The molecule has 4 aromatic rings. The highest BCUT2D eigenvalue weighted by molar-refractivity contribution is 5.98. The van der Waals surface area contributed by atoms with Crippen molar-refractivity contribution >= 4 is 11.8 Å². The Morgan fingerprint density at radius 3 is 2.21 bits per heavy atom. The molecular weight excluding hydrogens is 370 g/mol. The topological polar surface area (TPSA) is 102 Å². The van der Waals surface area contributed by atoms with E-state index in [1.54, 1.807) is 11.6 Å². The van der Waals surface area contributed by atoms with Crippen LogP contribution >= 0.6 is 0 Å². The number of nitrogens with one attached hydrogen (secondary N) is 2. The van der Waals surface area contributed by atoms with Gasteiger partial charge in [-0.1, -0.05) is 48.5 Å². The maximum Gasteiger partial charge on any atom is 0.309 e. The Labute approximate surface area is 166 Å². The molecule has 0 unspecified atom stereocenters. The number of hydrogen-bond donors (Lipinski definition) is 2. The maximum atomic E-state index is 12.5. The Morgan fingerprint density at radius 1 is 0.897 bits per heavy atom. The molecule has 0 bridgehead atoms. The first-order chi connectivity index (χ1) is 14.1. The lowest BCUT2D eigenvalue weighted by atomic mass is 10.2. The average Bonchev–Trinajstić information content (AvgIpc) is 3.40. The van der Waals surface area contributed by atoms with Gasteiger partial charge < -0.3 is 4.42 Å². The van der Waals surface area contributed by atoms with Gasteiger partial charge in [0, 0.05) is 5.56 Å². The highest BCUT2D eigenvalue weighted by Crippen LogP contribution is 2.20. The molecule has 0 fully saturated rings. The van der Waals surface area contributed by atoms with Crippen molar-refractivity contribution in [3.63, 3.8) is 0 Å². The van der Waals surface area contributed by atoms with Gasteiger partial charge >= 0.3 is 5.91 Å². The zero-order valence-corrected chi connectivity index (χ0v) is 15.5. The summed E-state index contributed by atoms with van der Waals surface area (Å²) in [7, 11) is 0. The van der Waals surface area contributed by atoms with Crippen LogP contribution in [0.3, 0.4) is 0 Å². The van der Waals surface area contributed by atoms with Gasteiger partial charge in [0.05, 0.1) is 17.5 Å². The van der Waals surface area contributed by atoms with E-state index < -0.39 is 11.8 Å². The van der Waals surface area contributed by atoms with Crippen molar-refractivity contribution < 1.29 is 14.0 Å². The molecule has 2 N–H and O–H groups in total. The van der Waals surface area contributed by atoms with Gasteiger partial charge in [-0.25, -0.2) is 9.67 Å². The molecule has 8 nitrogen and oxygen atoms in total. The minimum absolute atomic E-state index is 0.0723. The van der Waals surface area contributed by atoms with E-state index in [9.17, 15) is 9.59 Å². The number of para-hydroxylation sites is 1.